The number of hydrogen-bond acceptors (Lipinski definition) is 6. The van der Waals surface area contributed by atoms with Crippen LogP contribution in [-0.4, -0.2) is 52.2 Å². The van der Waals surface area contributed by atoms with E-state index in [0.29, 0.717) is 11.7 Å². The predicted molar refractivity (Wildman–Crippen MR) is 76.0 cm³/mol. The van der Waals surface area contributed by atoms with Gasteiger partial charge in [0.05, 0.1) is 12.1 Å². The number of aromatic nitrogens is 2. The predicted octanol–water partition coefficient (Wildman–Crippen LogP) is 0.934. The molecule has 1 saturated carbocycles. The lowest BCUT2D eigenvalue weighted by Crippen LogP contribution is -2.51. The molecule has 2 aliphatic rings. The third-order valence-electron chi connectivity index (χ3n) is 4.40. The van der Waals surface area contributed by atoms with Crippen LogP contribution < -0.4 is 5.73 Å². The summed E-state index contributed by atoms with van der Waals surface area (Å²) in [6.45, 7) is 9.00. The lowest BCUT2D eigenvalue weighted by molar-refractivity contribution is 0.0545. The van der Waals surface area contributed by atoms with E-state index in [-0.39, 0.29) is 0 Å². The Bertz CT molecular complexity index is 441. The molecule has 112 valence electrons. The van der Waals surface area contributed by atoms with Crippen molar-refractivity contribution in [3.63, 3.8) is 0 Å². The van der Waals surface area contributed by atoms with Crippen LogP contribution in [0.4, 0.5) is 0 Å². The Labute approximate surface area is 120 Å². The molecular weight excluding hydrogens is 254 g/mol. The molecule has 0 radical (unpaired) electrons. The van der Waals surface area contributed by atoms with Crippen molar-refractivity contribution in [2.75, 3.05) is 26.2 Å². The molecule has 1 aliphatic carbocycles. The van der Waals surface area contributed by atoms with E-state index in [4.69, 9.17) is 10.3 Å². The number of rotatable bonds is 4. The van der Waals surface area contributed by atoms with Gasteiger partial charge in [0.1, 0.15) is 0 Å². The summed E-state index contributed by atoms with van der Waals surface area (Å²) < 4.78 is 5.30. The van der Waals surface area contributed by atoms with Crippen molar-refractivity contribution in [3.05, 3.63) is 11.7 Å². The summed E-state index contributed by atoms with van der Waals surface area (Å²) in [7, 11) is 0. The maximum absolute atomic E-state index is 5.97. The van der Waals surface area contributed by atoms with Gasteiger partial charge in [0.2, 0.25) is 5.89 Å². The maximum atomic E-state index is 5.97. The van der Waals surface area contributed by atoms with E-state index < -0.39 is 5.54 Å². The molecule has 1 saturated heterocycles. The van der Waals surface area contributed by atoms with Gasteiger partial charge in [-0.1, -0.05) is 11.6 Å². The molecule has 6 heteroatoms. The van der Waals surface area contributed by atoms with Crippen molar-refractivity contribution in [2.45, 2.75) is 51.2 Å². The van der Waals surface area contributed by atoms with Crippen molar-refractivity contribution in [2.24, 2.45) is 5.73 Å². The highest BCUT2D eigenvalue weighted by Gasteiger charge is 2.28. The van der Waals surface area contributed by atoms with Gasteiger partial charge in [-0.3, -0.25) is 9.80 Å². The molecule has 0 unspecified atom stereocenters. The molecule has 0 aromatic carbocycles. The fourth-order valence-electron chi connectivity index (χ4n) is 2.81. The Hall–Kier alpha value is -0.980. The highest BCUT2D eigenvalue weighted by Crippen LogP contribution is 2.25. The minimum absolute atomic E-state index is 0.537. The van der Waals surface area contributed by atoms with Crippen molar-refractivity contribution in [1.82, 2.24) is 19.9 Å². The number of nitrogens with zero attached hydrogens (tertiary/aromatic N) is 4. The van der Waals surface area contributed by atoms with Crippen molar-refractivity contribution >= 4 is 0 Å². The van der Waals surface area contributed by atoms with Gasteiger partial charge in [-0.15, -0.1) is 0 Å². The summed E-state index contributed by atoms with van der Waals surface area (Å²) in [5.74, 6) is 1.26. The molecule has 6 nitrogen and oxygen atoms in total. The molecular formula is C14H25N5O. The van der Waals surface area contributed by atoms with Crippen LogP contribution in [0.1, 0.15) is 44.8 Å². The Kier molecular flexibility index (Phi) is 3.79. The molecule has 3 rings (SSSR count). The SMILES string of the molecule is CC(C)(N)c1noc(CN2CCN(C3CCC3)CC2)n1. The topological polar surface area (TPSA) is 71.4 Å². The number of nitrogens with two attached hydrogens (primary N) is 1. The summed E-state index contributed by atoms with van der Waals surface area (Å²) in [4.78, 5) is 9.41. The molecule has 2 N–H and O–H groups in total. The van der Waals surface area contributed by atoms with E-state index >= 15 is 0 Å². The second-order valence-corrected chi connectivity index (χ2v) is 6.63. The fraction of sp³-hybridized carbons (Fsp3) is 0.857. The quantitative estimate of drug-likeness (QED) is 0.884. The summed E-state index contributed by atoms with van der Waals surface area (Å²) in [6.07, 6.45) is 4.18. The van der Waals surface area contributed by atoms with Crippen LogP contribution >= 0.6 is 0 Å². The van der Waals surface area contributed by atoms with E-state index in [9.17, 15) is 0 Å². The van der Waals surface area contributed by atoms with Gasteiger partial charge in [0.25, 0.3) is 0 Å². The first-order chi connectivity index (χ1) is 9.52. The summed E-state index contributed by atoms with van der Waals surface area (Å²) in [6, 6.07) is 0.852. The lowest BCUT2D eigenvalue weighted by Gasteiger charge is -2.42. The van der Waals surface area contributed by atoms with Crippen LogP contribution in [0.2, 0.25) is 0 Å². The molecule has 20 heavy (non-hydrogen) atoms. The average Bonchev–Trinajstić information content (AvgIpc) is 2.78. The molecule has 1 aliphatic heterocycles. The molecule has 0 amide bonds. The monoisotopic (exact) mass is 279 g/mol. The number of piperazine rings is 1. The fourth-order valence-corrected chi connectivity index (χ4v) is 2.81. The minimum atomic E-state index is -0.537. The van der Waals surface area contributed by atoms with Gasteiger partial charge in [-0.05, 0) is 26.7 Å². The molecule has 0 bridgehead atoms. The van der Waals surface area contributed by atoms with Crippen LogP contribution in [0.3, 0.4) is 0 Å². The normalized spacial score (nSPS) is 22.9. The second kappa shape index (κ2) is 5.42. The molecule has 0 atom stereocenters. The summed E-state index contributed by atoms with van der Waals surface area (Å²) >= 11 is 0. The van der Waals surface area contributed by atoms with E-state index in [1.165, 1.54) is 19.3 Å². The third kappa shape index (κ3) is 3.02. The van der Waals surface area contributed by atoms with Crippen LogP contribution in [-0.2, 0) is 12.1 Å². The first-order valence-corrected chi connectivity index (χ1v) is 7.61. The van der Waals surface area contributed by atoms with Gasteiger partial charge >= 0.3 is 0 Å². The standard InChI is InChI=1S/C14H25N5O/c1-14(2,15)13-16-12(20-17-13)10-18-6-8-19(9-7-18)11-4-3-5-11/h11H,3-10,15H2,1-2H3. The zero-order valence-electron chi connectivity index (χ0n) is 12.5. The van der Waals surface area contributed by atoms with Gasteiger partial charge in [-0.25, -0.2) is 0 Å². The van der Waals surface area contributed by atoms with E-state index in [1.807, 2.05) is 13.8 Å². The molecule has 2 heterocycles. The Morgan fingerprint density at radius 2 is 1.95 bits per heavy atom. The molecule has 2 fully saturated rings. The zero-order valence-corrected chi connectivity index (χ0v) is 12.5. The lowest BCUT2D eigenvalue weighted by atomic mass is 9.91. The Morgan fingerprint density at radius 3 is 2.45 bits per heavy atom. The summed E-state index contributed by atoms with van der Waals surface area (Å²) in [5.41, 5.74) is 5.43. The van der Waals surface area contributed by atoms with Crippen molar-refractivity contribution in [3.8, 4) is 0 Å². The van der Waals surface area contributed by atoms with E-state index in [1.54, 1.807) is 0 Å². The van der Waals surface area contributed by atoms with Crippen LogP contribution in [0.5, 0.6) is 0 Å². The highest BCUT2D eigenvalue weighted by molar-refractivity contribution is 4.99. The maximum Gasteiger partial charge on any atom is 0.240 e. The van der Waals surface area contributed by atoms with Crippen molar-refractivity contribution in [1.29, 1.82) is 0 Å². The first-order valence-electron chi connectivity index (χ1n) is 7.61. The van der Waals surface area contributed by atoms with Gasteiger partial charge < -0.3 is 10.3 Å². The van der Waals surface area contributed by atoms with Crippen LogP contribution in [0.25, 0.3) is 0 Å². The van der Waals surface area contributed by atoms with Crippen molar-refractivity contribution < 1.29 is 4.52 Å². The van der Waals surface area contributed by atoms with Crippen LogP contribution in [0, 0.1) is 0 Å². The van der Waals surface area contributed by atoms with Crippen LogP contribution in [0.15, 0.2) is 4.52 Å². The molecule has 1 aromatic heterocycles. The summed E-state index contributed by atoms with van der Waals surface area (Å²) in [5, 5.41) is 3.97. The first kappa shape index (κ1) is 14.0. The van der Waals surface area contributed by atoms with Gasteiger partial charge in [0, 0.05) is 32.2 Å². The largest absolute Gasteiger partial charge is 0.338 e. The third-order valence-corrected chi connectivity index (χ3v) is 4.40. The van der Waals surface area contributed by atoms with Gasteiger partial charge in [-0.2, -0.15) is 4.98 Å². The second-order valence-electron chi connectivity index (χ2n) is 6.63. The highest BCUT2D eigenvalue weighted by atomic mass is 16.5. The van der Waals surface area contributed by atoms with E-state index in [2.05, 4.69) is 19.9 Å². The Balaban J connectivity index is 1.50. The molecule has 1 aromatic rings. The van der Waals surface area contributed by atoms with Gasteiger partial charge in [0.15, 0.2) is 5.82 Å². The zero-order chi connectivity index (χ0) is 14.2. The van der Waals surface area contributed by atoms with E-state index in [0.717, 1.165) is 38.8 Å². The molecule has 0 spiro atoms. The minimum Gasteiger partial charge on any atom is -0.338 e. The Morgan fingerprint density at radius 1 is 1.25 bits per heavy atom. The smallest absolute Gasteiger partial charge is 0.240 e. The average molecular weight is 279 g/mol. The number of hydrogen-bond donors (Lipinski definition) is 1.